The van der Waals surface area contributed by atoms with E-state index in [4.69, 9.17) is 38.8 Å². The van der Waals surface area contributed by atoms with E-state index in [1.165, 1.54) is 12.1 Å². The number of pyridine rings is 2. The summed E-state index contributed by atoms with van der Waals surface area (Å²) in [4.78, 5) is 13.3. The number of β-amino-alcohol motifs (C(OH)–C–C–N with tert-alkyl or cyclic N) is 1. The summed E-state index contributed by atoms with van der Waals surface area (Å²) in [6.07, 6.45) is 2.79. The molecule has 7 nitrogen and oxygen atoms in total. The molecule has 1 aromatic carbocycles. The van der Waals surface area contributed by atoms with Crippen LogP contribution in [0.4, 0.5) is 16.0 Å². The Morgan fingerprint density at radius 2 is 1.82 bits per heavy atom. The van der Waals surface area contributed by atoms with Gasteiger partial charge in [-0.2, -0.15) is 0 Å². The van der Waals surface area contributed by atoms with Crippen molar-refractivity contribution in [1.82, 2.24) is 14.9 Å². The van der Waals surface area contributed by atoms with Crippen LogP contribution in [0, 0.1) is 5.82 Å². The summed E-state index contributed by atoms with van der Waals surface area (Å²) in [5.41, 5.74) is 8.02. The molecule has 3 heterocycles. The van der Waals surface area contributed by atoms with Gasteiger partial charge >= 0.3 is 0 Å². The highest BCUT2D eigenvalue weighted by molar-refractivity contribution is 6.36. The fraction of sp³-hybridized carbons (Fsp3) is 0.333. The summed E-state index contributed by atoms with van der Waals surface area (Å²) in [5, 5.41) is 9.32. The van der Waals surface area contributed by atoms with Crippen LogP contribution in [-0.2, 0) is 0 Å². The van der Waals surface area contributed by atoms with E-state index in [2.05, 4.69) is 19.8 Å². The van der Waals surface area contributed by atoms with Crippen LogP contribution in [0.25, 0.3) is 11.1 Å². The summed E-state index contributed by atoms with van der Waals surface area (Å²) >= 11 is 12.3. The molecule has 2 aromatic heterocycles. The van der Waals surface area contributed by atoms with Crippen LogP contribution in [0.3, 0.4) is 0 Å². The molecule has 1 unspecified atom stereocenters. The first kappa shape index (κ1) is 24.5. The third-order valence-corrected chi connectivity index (χ3v) is 6.58. The smallest absolute Gasteiger partial charge is 0.166 e. The van der Waals surface area contributed by atoms with Crippen molar-refractivity contribution < 1.29 is 14.2 Å². The van der Waals surface area contributed by atoms with E-state index in [-0.39, 0.29) is 17.4 Å². The summed E-state index contributed by atoms with van der Waals surface area (Å²) in [6, 6.07) is 8.37. The number of aromatic nitrogens is 2. The van der Waals surface area contributed by atoms with Gasteiger partial charge in [0.05, 0.1) is 11.6 Å². The maximum atomic E-state index is 13.9. The molecule has 1 aliphatic rings. The number of ether oxygens (including phenoxy) is 1. The summed E-state index contributed by atoms with van der Waals surface area (Å²) in [5.74, 6) is 0.865. The van der Waals surface area contributed by atoms with Gasteiger partial charge in [0.15, 0.2) is 11.6 Å². The minimum Gasteiger partial charge on any atom is -0.482 e. The summed E-state index contributed by atoms with van der Waals surface area (Å²) in [7, 11) is 0. The second-order valence-corrected chi connectivity index (χ2v) is 8.87. The van der Waals surface area contributed by atoms with Gasteiger partial charge in [0.1, 0.15) is 17.7 Å². The molecule has 180 valence electrons. The zero-order chi connectivity index (χ0) is 24.2. The van der Waals surface area contributed by atoms with E-state index >= 15 is 0 Å². The Morgan fingerprint density at radius 1 is 1.09 bits per heavy atom. The molecule has 0 spiro atoms. The molecule has 0 bridgehead atoms. The molecular formula is C24H26Cl2FN5O2. The highest BCUT2D eigenvalue weighted by Crippen LogP contribution is 2.37. The number of piperazine rings is 1. The van der Waals surface area contributed by atoms with Crippen LogP contribution < -0.4 is 15.4 Å². The van der Waals surface area contributed by atoms with Crippen molar-refractivity contribution in [3.05, 3.63) is 64.2 Å². The normalized spacial score (nSPS) is 15.4. The van der Waals surface area contributed by atoms with Crippen molar-refractivity contribution in [3.63, 3.8) is 0 Å². The summed E-state index contributed by atoms with van der Waals surface area (Å²) < 4.78 is 19.9. The topological polar surface area (TPSA) is 87.7 Å². The Morgan fingerprint density at radius 3 is 2.50 bits per heavy atom. The Balaban J connectivity index is 1.50. The van der Waals surface area contributed by atoms with Crippen molar-refractivity contribution in [2.75, 3.05) is 50.0 Å². The number of hydrogen-bond donors (Lipinski definition) is 2. The minimum absolute atomic E-state index is 0.0836. The average Bonchev–Trinajstić information content (AvgIpc) is 2.84. The number of aliphatic hydroxyl groups excluding tert-OH is 1. The van der Waals surface area contributed by atoms with Crippen molar-refractivity contribution in [2.45, 2.75) is 13.0 Å². The lowest BCUT2D eigenvalue weighted by Crippen LogP contribution is -2.47. The maximum absolute atomic E-state index is 13.9. The van der Waals surface area contributed by atoms with Crippen molar-refractivity contribution in [3.8, 4) is 16.9 Å². The van der Waals surface area contributed by atoms with Crippen molar-refractivity contribution in [2.24, 2.45) is 0 Å². The predicted octanol–water partition coefficient (Wildman–Crippen LogP) is 4.43. The van der Waals surface area contributed by atoms with Crippen LogP contribution in [-0.4, -0.2) is 59.3 Å². The minimum atomic E-state index is -0.653. The SMILES string of the molecule is CC(Oc1cc(-c2ccc(N3CCN(CCO)CC3)nc2)cnc1N)c1c(Cl)ccc(F)c1Cl. The summed E-state index contributed by atoms with van der Waals surface area (Å²) in [6.45, 7) is 6.09. The number of nitrogen functional groups attached to an aromatic ring is 1. The van der Waals surface area contributed by atoms with E-state index in [0.717, 1.165) is 43.1 Å². The van der Waals surface area contributed by atoms with Gasteiger partial charge in [-0.25, -0.2) is 14.4 Å². The fourth-order valence-corrected chi connectivity index (χ4v) is 4.64. The average molecular weight is 506 g/mol. The number of rotatable bonds is 7. The Labute approximate surface area is 207 Å². The molecular weight excluding hydrogens is 480 g/mol. The third-order valence-electron chi connectivity index (χ3n) is 5.87. The Kier molecular flexibility index (Phi) is 7.73. The lowest BCUT2D eigenvalue weighted by molar-refractivity contribution is 0.188. The molecule has 34 heavy (non-hydrogen) atoms. The Hall–Kier alpha value is -2.65. The zero-order valence-electron chi connectivity index (χ0n) is 18.7. The van der Waals surface area contributed by atoms with Crippen LogP contribution in [0.2, 0.25) is 10.0 Å². The molecule has 1 fully saturated rings. The molecule has 1 atom stereocenters. The number of nitrogens with zero attached hydrogens (tertiary/aromatic N) is 4. The Bertz CT molecular complexity index is 1140. The standard InChI is InChI=1S/C24H26Cl2FN5O2/c1-15(22-18(25)3-4-19(27)23(22)26)34-20-12-17(14-30-24(20)28)16-2-5-21(29-13-16)32-8-6-31(7-9-32)10-11-33/h2-5,12-15,33H,6-11H2,1H3,(H2,28,30). The molecule has 0 aliphatic carbocycles. The van der Waals surface area contributed by atoms with Gasteiger partial charge in [0.2, 0.25) is 0 Å². The first-order valence-electron chi connectivity index (χ1n) is 11.0. The number of nitrogens with two attached hydrogens (primary N) is 1. The van der Waals surface area contributed by atoms with Gasteiger partial charge in [-0.1, -0.05) is 23.2 Å². The molecule has 3 N–H and O–H groups in total. The second-order valence-electron chi connectivity index (χ2n) is 8.08. The molecule has 1 aliphatic heterocycles. The van der Waals surface area contributed by atoms with Crippen molar-refractivity contribution in [1.29, 1.82) is 0 Å². The zero-order valence-corrected chi connectivity index (χ0v) is 20.2. The highest BCUT2D eigenvalue weighted by Gasteiger charge is 2.21. The molecule has 0 radical (unpaired) electrons. The van der Waals surface area contributed by atoms with Gasteiger partial charge in [0, 0.05) is 66.8 Å². The molecule has 1 saturated heterocycles. The van der Waals surface area contributed by atoms with Crippen LogP contribution in [0.5, 0.6) is 5.75 Å². The van der Waals surface area contributed by atoms with Crippen LogP contribution in [0.1, 0.15) is 18.6 Å². The second kappa shape index (κ2) is 10.7. The quantitative estimate of drug-likeness (QED) is 0.459. The largest absolute Gasteiger partial charge is 0.482 e. The lowest BCUT2D eigenvalue weighted by Gasteiger charge is -2.35. The highest BCUT2D eigenvalue weighted by atomic mass is 35.5. The third kappa shape index (κ3) is 5.36. The number of hydrogen-bond acceptors (Lipinski definition) is 7. The van der Waals surface area contributed by atoms with Gasteiger partial charge in [-0.15, -0.1) is 0 Å². The molecule has 0 amide bonds. The van der Waals surface area contributed by atoms with E-state index in [1.807, 2.05) is 12.1 Å². The van der Waals surface area contributed by atoms with Gasteiger partial charge in [0.25, 0.3) is 0 Å². The number of anilines is 2. The number of halogens is 3. The van der Waals surface area contributed by atoms with Gasteiger partial charge in [-0.3, -0.25) is 4.90 Å². The first-order valence-corrected chi connectivity index (χ1v) is 11.7. The molecule has 4 rings (SSSR count). The van der Waals surface area contributed by atoms with Crippen LogP contribution in [0.15, 0.2) is 42.7 Å². The number of aliphatic hydroxyl groups is 1. The van der Waals surface area contributed by atoms with E-state index in [1.54, 1.807) is 25.4 Å². The first-order chi connectivity index (χ1) is 16.4. The van der Waals surface area contributed by atoms with Crippen LogP contribution >= 0.6 is 23.2 Å². The molecule has 3 aromatic rings. The maximum Gasteiger partial charge on any atom is 0.166 e. The monoisotopic (exact) mass is 505 g/mol. The van der Waals surface area contributed by atoms with E-state index in [0.29, 0.717) is 22.9 Å². The molecule has 0 saturated carbocycles. The predicted molar refractivity (Wildman–Crippen MR) is 133 cm³/mol. The molecule has 10 heteroatoms. The number of benzene rings is 1. The van der Waals surface area contributed by atoms with E-state index < -0.39 is 11.9 Å². The lowest BCUT2D eigenvalue weighted by atomic mass is 10.1. The van der Waals surface area contributed by atoms with Gasteiger partial charge in [-0.05, 0) is 37.3 Å². The van der Waals surface area contributed by atoms with Crippen molar-refractivity contribution >= 4 is 34.8 Å². The van der Waals surface area contributed by atoms with Gasteiger partial charge < -0.3 is 20.5 Å². The van der Waals surface area contributed by atoms with E-state index in [9.17, 15) is 4.39 Å². The fourth-order valence-electron chi connectivity index (χ4n) is 3.96.